The fraction of sp³-hybridized carbons (Fsp3) is 0.160. The molecule has 0 spiro atoms. The average Bonchev–Trinajstić information content (AvgIpc) is 3.26. The molecule has 3 aromatic rings. The maximum absolute atomic E-state index is 13.3. The van der Waals surface area contributed by atoms with Crippen molar-refractivity contribution in [3.63, 3.8) is 0 Å². The van der Waals surface area contributed by atoms with Crippen molar-refractivity contribution in [1.29, 1.82) is 0 Å². The van der Waals surface area contributed by atoms with Crippen molar-refractivity contribution in [1.82, 2.24) is 10.2 Å². The van der Waals surface area contributed by atoms with Gasteiger partial charge in [0, 0.05) is 39.1 Å². The fourth-order valence-corrected chi connectivity index (χ4v) is 4.41. The van der Waals surface area contributed by atoms with E-state index in [1.807, 2.05) is 55.6 Å². The van der Waals surface area contributed by atoms with Gasteiger partial charge in [-0.05, 0) is 82.8 Å². The minimum Gasteiger partial charge on any atom is -0.358 e. The van der Waals surface area contributed by atoms with E-state index in [0.717, 1.165) is 28.1 Å². The first-order valence-corrected chi connectivity index (χ1v) is 12.1. The molecule has 0 aliphatic carbocycles. The predicted molar refractivity (Wildman–Crippen MR) is 145 cm³/mol. The summed E-state index contributed by atoms with van der Waals surface area (Å²) < 4.78 is 0.865. The van der Waals surface area contributed by atoms with Crippen LogP contribution in [0.3, 0.4) is 0 Å². The summed E-state index contributed by atoms with van der Waals surface area (Å²) in [4.78, 5) is 32.6. The van der Waals surface area contributed by atoms with Gasteiger partial charge in [-0.3, -0.25) is 9.79 Å². The van der Waals surface area contributed by atoms with Crippen LogP contribution < -0.4 is 16.0 Å². The first kappa shape index (κ1) is 24.0. The zero-order chi connectivity index (χ0) is 24.1. The number of halogens is 2. The van der Waals surface area contributed by atoms with Crippen LogP contribution in [-0.2, 0) is 4.79 Å². The maximum Gasteiger partial charge on any atom is 0.320 e. The Bertz CT molecular complexity index is 1210. The quantitative estimate of drug-likeness (QED) is 0.349. The lowest BCUT2D eigenvalue weighted by molar-refractivity contribution is -0.118. The number of amidine groups is 1. The molecular weight excluding hydrogens is 565 g/mol. The van der Waals surface area contributed by atoms with Crippen molar-refractivity contribution >= 4 is 63.3 Å². The number of aliphatic imine (C=N–C) groups is 1. The van der Waals surface area contributed by atoms with Crippen molar-refractivity contribution in [2.24, 2.45) is 4.99 Å². The van der Waals surface area contributed by atoms with E-state index in [1.165, 1.54) is 0 Å². The smallest absolute Gasteiger partial charge is 0.320 e. The summed E-state index contributed by atoms with van der Waals surface area (Å²) in [6, 6.07) is 20.3. The van der Waals surface area contributed by atoms with E-state index < -0.39 is 12.1 Å². The molecule has 3 amide bonds. The van der Waals surface area contributed by atoms with Crippen LogP contribution in [0.4, 0.5) is 16.2 Å². The Labute approximate surface area is 216 Å². The van der Waals surface area contributed by atoms with E-state index in [9.17, 15) is 9.59 Å². The second-order valence-electron chi connectivity index (χ2n) is 7.75. The van der Waals surface area contributed by atoms with E-state index in [4.69, 9.17) is 11.6 Å². The Kier molecular flexibility index (Phi) is 7.69. The van der Waals surface area contributed by atoms with Crippen molar-refractivity contribution in [3.8, 4) is 0 Å². The van der Waals surface area contributed by atoms with Gasteiger partial charge in [0.05, 0.1) is 6.54 Å². The third kappa shape index (κ3) is 5.87. The van der Waals surface area contributed by atoms with Crippen LogP contribution in [0.25, 0.3) is 0 Å². The van der Waals surface area contributed by atoms with Gasteiger partial charge >= 0.3 is 6.03 Å². The largest absolute Gasteiger partial charge is 0.358 e. The third-order valence-corrected chi connectivity index (χ3v) is 6.56. The lowest BCUT2D eigenvalue weighted by Gasteiger charge is -2.21. The van der Waals surface area contributed by atoms with E-state index in [2.05, 4.69) is 48.4 Å². The van der Waals surface area contributed by atoms with Gasteiger partial charge < -0.3 is 20.9 Å². The summed E-state index contributed by atoms with van der Waals surface area (Å²) >= 11 is 8.07. The minimum absolute atomic E-state index is 0.349. The molecule has 0 aromatic heterocycles. The molecule has 4 rings (SSSR count). The number of benzene rings is 3. The number of likely N-dealkylation sites (N-methyl/N-ethyl adjacent to an activating group) is 1. The first-order chi connectivity index (χ1) is 16.4. The van der Waals surface area contributed by atoms with E-state index in [0.29, 0.717) is 22.0 Å². The number of rotatable bonds is 6. The molecule has 9 heteroatoms. The molecule has 34 heavy (non-hydrogen) atoms. The van der Waals surface area contributed by atoms with Gasteiger partial charge in [-0.2, -0.15) is 0 Å². The molecule has 3 aromatic carbocycles. The molecule has 0 radical (unpaired) electrons. The lowest BCUT2D eigenvalue weighted by atomic mass is 10.1. The number of urea groups is 1. The molecule has 7 nitrogen and oxygen atoms in total. The summed E-state index contributed by atoms with van der Waals surface area (Å²) in [5.74, 6) is 0.591. The molecule has 0 bridgehead atoms. The topological polar surface area (TPSA) is 85.8 Å². The zero-order valence-corrected chi connectivity index (χ0v) is 21.3. The lowest BCUT2D eigenvalue weighted by Crippen LogP contribution is -2.39. The van der Waals surface area contributed by atoms with Crippen LogP contribution in [0.5, 0.6) is 0 Å². The highest BCUT2D eigenvalue weighted by Gasteiger charge is 2.25. The van der Waals surface area contributed by atoms with Gasteiger partial charge in [0.1, 0.15) is 11.9 Å². The Balaban J connectivity index is 1.50. The molecule has 0 fully saturated rings. The summed E-state index contributed by atoms with van der Waals surface area (Å²) in [6.45, 7) is 1.68. The van der Waals surface area contributed by atoms with Gasteiger partial charge in [-0.1, -0.05) is 29.8 Å². The standard InChI is InChI=1S/C25H23ClIN5O2/c1-32-15-14-28-23(32)16-6-10-18(11-7-16)29-24(33)22(20-4-2-3-5-21(20)27)31-25(34)30-19-12-8-17(26)9-13-19/h2-13,22H,14-15H2,1H3,(H,29,33)(H2,30,31,34). The van der Waals surface area contributed by atoms with Crippen molar-refractivity contribution in [3.05, 3.63) is 92.5 Å². The summed E-state index contributed by atoms with van der Waals surface area (Å²) in [6.07, 6.45) is 0. The molecule has 1 aliphatic heterocycles. The monoisotopic (exact) mass is 587 g/mol. The number of nitrogens with one attached hydrogen (secondary N) is 3. The minimum atomic E-state index is -0.898. The zero-order valence-electron chi connectivity index (χ0n) is 18.4. The molecule has 3 N–H and O–H groups in total. The Morgan fingerprint density at radius 2 is 1.62 bits per heavy atom. The molecule has 0 saturated carbocycles. The van der Waals surface area contributed by atoms with E-state index in [1.54, 1.807) is 24.3 Å². The molecule has 1 aliphatic rings. The maximum atomic E-state index is 13.3. The number of nitrogens with zero attached hydrogens (tertiary/aromatic N) is 2. The second kappa shape index (κ2) is 10.9. The van der Waals surface area contributed by atoms with Gasteiger partial charge in [0.15, 0.2) is 0 Å². The van der Waals surface area contributed by atoms with Crippen LogP contribution in [0, 0.1) is 3.57 Å². The molecular formula is C25H23ClIN5O2. The number of carbonyl (C=O) groups is 2. The number of carbonyl (C=O) groups excluding carboxylic acids is 2. The molecule has 174 valence electrons. The van der Waals surface area contributed by atoms with Gasteiger partial charge in [0.2, 0.25) is 0 Å². The van der Waals surface area contributed by atoms with Gasteiger partial charge in [0.25, 0.3) is 5.91 Å². The Morgan fingerprint density at radius 3 is 2.26 bits per heavy atom. The average molecular weight is 588 g/mol. The summed E-state index contributed by atoms with van der Waals surface area (Å²) in [7, 11) is 2.01. The van der Waals surface area contributed by atoms with Crippen LogP contribution >= 0.6 is 34.2 Å². The summed E-state index contributed by atoms with van der Waals surface area (Å²) in [5.41, 5.74) is 2.89. The highest BCUT2D eigenvalue weighted by atomic mass is 127. The number of anilines is 2. The SMILES string of the molecule is CN1CCN=C1c1ccc(NC(=O)C(NC(=O)Nc2ccc(Cl)cc2)c2ccccc2I)cc1. The molecule has 1 unspecified atom stereocenters. The van der Waals surface area contributed by atoms with E-state index >= 15 is 0 Å². The Morgan fingerprint density at radius 1 is 0.971 bits per heavy atom. The number of amides is 3. The van der Waals surface area contributed by atoms with Crippen LogP contribution in [0.1, 0.15) is 17.2 Å². The van der Waals surface area contributed by atoms with Gasteiger partial charge in [-0.25, -0.2) is 4.79 Å². The highest BCUT2D eigenvalue weighted by Crippen LogP contribution is 2.23. The normalized spacial score (nSPS) is 13.7. The van der Waals surface area contributed by atoms with Crippen LogP contribution in [0.2, 0.25) is 5.02 Å². The van der Waals surface area contributed by atoms with Crippen LogP contribution in [-0.4, -0.2) is 42.8 Å². The summed E-state index contributed by atoms with van der Waals surface area (Å²) in [5, 5.41) is 9.02. The first-order valence-electron chi connectivity index (χ1n) is 10.6. The fourth-order valence-electron chi connectivity index (χ4n) is 3.59. The van der Waals surface area contributed by atoms with Crippen molar-refractivity contribution in [2.75, 3.05) is 30.8 Å². The molecule has 1 atom stereocenters. The second-order valence-corrected chi connectivity index (χ2v) is 9.35. The van der Waals surface area contributed by atoms with Crippen molar-refractivity contribution in [2.45, 2.75) is 6.04 Å². The highest BCUT2D eigenvalue weighted by molar-refractivity contribution is 14.1. The molecule has 0 saturated heterocycles. The van der Waals surface area contributed by atoms with Crippen LogP contribution in [0.15, 0.2) is 77.8 Å². The number of hydrogen-bond acceptors (Lipinski definition) is 4. The third-order valence-electron chi connectivity index (χ3n) is 5.33. The van der Waals surface area contributed by atoms with Gasteiger partial charge in [-0.15, -0.1) is 0 Å². The Hall–Kier alpha value is -3.11. The number of hydrogen-bond donors (Lipinski definition) is 3. The molecule has 1 heterocycles. The van der Waals surface area contributed by atoms with Crippen molar-refractivity contribution < 1.29 is 9.59 Å². The van der Waals surface area contributed by atoms with E-state index in [-0.39, 0.29) is 5.91 Å². The predicted octanol–water partition coefficient (Wildman–Crippen LogP) is 5.14.